The first kappa shape index (κ1) is 22.4. The first-order valence-electron chi connectivity index (χ1n) is 9.58. The van der Waals surface area contributed by atoms with Crippen LogP contribution in [0.1, 0.15) is 4.88 Å². The lowest BCUT2D eigenvalue weighted by molar-refractivity contribution is -0.112. The number of benzene rings is 3. The second kappa shape index (κ2) is 10.6. The van der Waals surface area contributed by atoms with Crippen LogP contribution >= 0.6 is 18.6 Å². The van der Waals surface area contributed by atoms with Gasteiger partial charge in [0.2, 0.25) is 0 Å². The monoisotopic (exact) mass is 492 g/mol. The highest BCUT2D eigenvalue weighted by Crippen LogP contribution is 2.55. The summed E-state index contributed by atoms with van der Waals surface area (Å²) in [5.41, 5.74) is 0. The summed E-state index contributed by atoms with van der Waals surface area (Å²) in [7, 11) is -2.11. The lowest BCUT2D eigenvalue weighted by Crippen LogP contribution is -3.00. The van der Waals surface area contributed by atoms with Crippen molar-refractivity contribution >= 4 is 46.4 Å². The number of hydrogen-bond donors (Lipinski definition) is 0. The molecule has 1 aromatic heterocycles. The molecule has 0 aliphatic rings. The van der Waals surface area contributed by atoms with E-state index in [2.05, 4.69) is 72.8 Å². The van der Waals surface area contributed by atoms with Gasteiger partial charge in [-0.25, -0.2) is 0 Å². The lowest BCUT2D eigenvalue weighted by atomic mass is 10.3. The van der Waals surface area contributed by atoms with Crippen LogP contribution in [0.5, 0.6) is 0 Å². The maximum absolute atomic E-state index is 13.2. The van der Waals surface area contributed by atoms with Crippen LogP contribution in [0, 0.1) is 0 Å². The van der Waals surface area contributed by atoms with Gasteiger partial charge in [-0.2, -0.15) is 0 Å². The Labute approximate surface area is 193 Å². The van der Waals surface area contributed by atoms with Crippen molar-refractivity contribution in [3.05, 3.63) is 119 Å². The number of halogens is 1. The van der Waals surface area contributed by atoms with Crippen molar-refractivity contribution in [3.8, 4) is 0 Å². The zero-order chi connectivity index (χ0) is 19.9. The van der Waals surface area contributed by atoms with Crippen LogP contribution < -0.4 is 32.9 Å². The fourth-order valence-electron chi connectivity index (χ4n) is 3.62. The van der Waals surface area contributed by atoms with Gasteiger partial charge in [0.05, 0.1) is 0 Å². The average Bonchev–Trinajstić information content (AvgIpc) is 3.32. The summed E-state index contributed by atoms with van der Waals surface area (Å²) in [5.74, 6) is 0.156. The zero-order valence-electron chi connectivity index (χ0n) is 16.4. The number of rotatable bonds is 7. The molecule has 1 heterocycles. The number of carbonyl (C=O) groups excluding carboxylic acids is 1. The van der Waals surface area contributed by atoms with Crippen molar-refractivity contribution in [2.75, 3.05) is 6.16 Å². The van der Waals surface area contributed by atoms with Crippen molar-refractivity contribution in [3.63, 3.8) is 0 Å². The highest BCUT2D eigenvalue weighted by atomic mass is 79.9. The zero-order valence-corrected chi connectivity index (χ0v) is 19.7. The Kier molecular flexibility index (Phi) is 7.93. The van der Waals surface area contributed by atoms with E-state index in [0.29, 0.717) is 6.16 Å². The van der Waals surface area contributed by atoms with Gasteiger partial charge in [-0.3, -0.25) is 4.79 Å². The fraction of sp³-hybridized carbons (Fsp3) is 0.0385. The molecule has 0 unspecified atom stereocenters. The molecule has 0 saturated carbocycles. The summed E-state index contributed by atoms with van der Waals surface area (Å²) in [4.78, 5) is 14.3. The quantitative estimate of drug-likeness (QED) is 0.286. The molecule has 0 bridgehead atoms. The van der Waals surface area contributed by atoms with Crippen molar-refractivity contribution in [2.24, 2.45) is 0 Å². The van der Waals surface area contributed by atoms with Gasteiger partial charge in [0.25, 0.3) is 0 Å². The Bertz CT molecular complexity index is 981. The van der Waals surface area contributed by atoms with E-state index in [4.69, 9.17) is 0 Å². The van der Waals surface area contributed by atoms with Crippen molar-refractivity contribution < 1.29 is 21.8 Å². The fourth-order valence-corrected chi connectivity index (χ4v) is 8.29. The number of ketones is 1. The Balaban J connectivity index is 0.00000256. The van der Waals surface area contributed by atoms with Gasteiger partial charge in [0.15, 0.2) is 5.78 Å². The summed E-state index contributed by atoms with van der Waals surface area (Å²) in [6, 6.07) is 35.6. The van der Waals surface area contributed by atoms with Crippen molar-refractivity contribution in [2.45, 2.75) is 0 Å². The molecule has 0 aliphatic heterocycles. The predicted molar refractivity (Wildman–Crippen MR) is 128 cm³/mol. The molecule has 4 heteroatoms. The minimum Gasteiger partial charge on any atom is -1.00 e. The Morgan fingerprint density at radius 2 is 1.17 bits per heavy atom. The van der Waals surface area contributed by atoms with E-state index in [0.717, 1.165) is 4.88 Å². The van der Waals surface area contributed by atoms with Crippen LogP contribution in [0.4, 0.5) is 0 Å². The molecular formula is C26H22BrOPS. The molecule has 0 spiro atoms. The lowest BCUT2D eigenvalue weighted by Gasteiger charge is -2.26. The third kappa shape index (κ3) is 4.87. The van der Waals surface area contributed by atoms with Gasteiger partial charge in [-0.1, -0.05) is 60.7 Å². The van der Waals surface area contributed by atoms with Crippen molar-refractivity contribution in [1.82, 2.24) is 0 Å². The molecule has 30 heavy (non-hydrogen) atoms. The van der Waals surface area contributed by atoms with Crippen LogP contribution in [-0.4, -0.2) is 11.9 Å². The topological polar surface area (TPSA) is 17.1 Å². The normalized spacial score (nSPS) is 11.2. The van der Waals surface area contributed by atoms with Crippen LogP contribution in [0.2, 0.25) is 0 Å². The molecule has 0 N–H and O–H groups in total. The molecule has 150 valence electrons. The molecule has 0 amide bonds. The largest absolute Gasteiger partial charge is 1.00 e. The van der Waals surface area contributed by atoms with Gasteiger partial charge in [0, 0.05) is 4.88 Å². The van der Waals surface area contributed by atoms with Gasteiger partial charge in [0.1, 0.15) is 29.3 Å². The Hall–Kier alpha value is -2.32. The van der Waals surface area contributed by atoms with Gasteiger partial charge >= 0.3 is 0 Å². The molecule has 0 aliphatic carbocycles. The van der Waals surface area contributed by atoms with Crippen LogP contribution in [0.15, 0.2) is 115 Å². The summed E-state index contributed by atoms with van der Waals surface area (Å²) in [6.45, 7) is 0. The highest BCUT2D eigenvalue weighted by Gasteiger charge is 2.46. The minimum atomic E-state index is -2.11. The molecule has 0 fully saturated rings. The molecule has 4 rings (SSSR count). The molecule has 4 aromatic rings. The molecular weight excluding hydrogens is 471 g/mol. The number of thiophene rings is 1. The van der Waals surface area contributed by atoms with E-state index < -0.39 is 7.26 Å². The molecule has 0 saturated heterocycles. The predicted octanol–water partition coefficient (Wildman–Crippen LogP) is 2.33. The van der Waals surface area contributed by atoms with E-state index >= 15 is 0 Å². The van der Waals surface area contributed by atoms with Crippen LogP contribution in [0.3, 0.4) is 0 Å². The second-order valence-corrected chi connectivity index (χ2v) is 11.3. The molecule has 3 aromatic carbocycles. The van der Waals surface area contributed by atoms with Crippen LogP contribution in [0.25, 0.3) is 6.08 Å². The number of carbonyl (C=O) groups is 1. The van der Waals surface area contributed by atoms with E-state index in [1.807, 2.05) is 41.8 Å². The first-order chi connectivity index (χ1) is 14.3. The summed E-state index contributed by atoms with van der Waals surface area (Å²) in [6.07, 6.45) is 4.16. The first-order valence-corrected chi connectivity index (χ1v) is 12.4. The summed E-state index contributed by atoms with van der Waals surface area (Å²) in [5, 5.41) is 5.72. The van der Waals surface area contributed by atoms with Gasteiger partial charge < -0.3 is 17.0 Å². The number of allylic oxidation sites excluding steroid dienone is 1. The van der Waals surface area contributed by atoms with E-state index in [1.54, 1.807) is 17.4 Å². The third-order valence-corrected chi connectivity index (χ3v) is 10.1. The maximum Gasteiger partial charge on any atom is 0.193 e. The Morgan fingerprint density at radius 3 is 1.57 bits per heavy atom. The second-order valence-electron chi connectivity index (χ2n) is 6.79. The van der Waals surface area contributed by atoms with Gasteiger partial charge in [-0.15, -0.1) is 11.3 Å². The minimum absolute atomic E-state index is 0. The van der Waals surface area contributed by atoms with E-state index in [-0.39, 0.29) is 22.8 Å². The van der Waals surface area contributed by atoms with Crippen LogP contribution in [-0.2, 0) is 4.79 Å². The van der Waals surface area contributed by atoms with E-state index in [9.17, 15) is 4.79 Å². The molecule has 0 atom stereocenters. The summed E-state index contributed by atoms with van der Waals surface area (Å²) < 4.78 is 0. The SMILES string of the molecule is O=C(/C=C/c1cccs1)C[P+](c1ccccc1)(c1ccccc1)c1ccccc1.[Br-]. The molecule has 1 nitrogen and oxygen atoms in total. The number of hydrogen-bond acceptors (Lipinski definition) is 2. The van der Waals surface area contributed by atoms with E-state index in [1.165, 1.54) is 15.9 Å². The van der Waals surface area contributed by atoms with Crippen molar-refractivity contribution in [1.29, 1.82) is 0 Å². The smallest absolute Gasteiger partial charge is 0.193 e. The maximum atomic E-state index is 13.2. The average molecular weight is 493 g/mol. The standard InChI is InChI=1S/C26H22OPS.BrH/c27-22(18-19-26-17-10-20-29-26)21-28(23-11-4-1-5-12-23,24-13-6-2-7-14-24)25-15-8-3-9-16-25;/h1-20H,21H2;1H/q+1;/p-1/b19-18+;. The Morgan fingerprint density at radius 1 is 0.700 bits per heavy atom. The third-order valence-electron chi connectivity index (χ3n) is 4.96. The molecule has 0 radical (unpaired) electrons. The highest BCUT2D eigenvalue weighted by molar-refractivity contribution is 7.96. The summed E-state index contributed by atoms with van der Waals surface area (Å²) >= 11 is 1.64. The van der Waals surface area contributed by atoms with Gasteiger partial charge in [-0.05, 0) is 60.0 Å².